The minimum absolute atomic E-state index is 0.660. The van der Waals surface area contributed by atoms with Gasteiger partial charge >= 0.3 is 0 Å². The van der Waals surface area contributed by atoms with Crippen LogP contribution in [0.15, 0.2) is 18.3 Å². The minimum Gasteiger partial charge on any atom is -0.347 e. The normalized spacial score (nSPS) is 11.2. The maximum atomic E-state index is 6.29. The van der Waals surface area contributed by atoms with E-state index in [9.17, 15) is 0 Å². The molecule has 2 aromatic rings. The second-order valence-corrected chi connectivity index (χ2v) is 4.47. The van der Waals surface area contributed by atoms with Crippen LogP contribution in [0.5, 0.6) is 0 Å². The molecule has 1 heterocycles. The Kier molecular flexibility index (Phi) is 3.22. The van der Waals surface area contributed by atoms with E-state index >= 15 is 0 Å². The Morgan fingerprint density at radius 3 is 2.75 bits per heavy atom. The first-order chi connectivity index (χ1) is 7.69. The lowest BCUT2D eigenvalue weighted by Gasteiger charge is -2.05. The Labute approximate surface area is 101 Å². The predicted molar refractivity (Wildman–Crippen MR) is 70.1 cm³/mol. The first kappa shape index (κ1) is 11.5. The molecule has 0 bridgehead atoms. The minimum atomic E-state index is 0.660. The molecule has 0 saturated heterocycles. The lowest BCUT2D eigenvalue weighted by Crippen LogP contribution is -2.02. The first-order valence-electron chi connectivity index (χ1n) is 5.66. The van der Waals surface area contributed by atoms with Gasteiger partial charge in [-0.15, -0.1) is 0 Å². The molecule has 1 aromatic heterocycles. The van der Waals surface area contributed by atoms with Gasteiger partial charge in [0.05, 0.1) is 10.5 Å². The van der Waals surface area contributed by atoms with Crippen molar-refractivity contribution in [2.24, 2.45) is 5.73 Å². The zero-order valence-electron chi connectivity index (χ0n) is 9.76. The van der Waals surface area contributed by atoms with Crippen LogP contribution in [-0.2, 0) is 13.0 Å². The Morgan fingerprint density at radius 1 is 1.38 bits per heavy atom. The van der Waals surface area contributed by atoms with Crippen molar-refractivity contribution in [3.8, 4) is 0 Å². The van der Waals surface area contributed by atoms with Gasteiger partial charge in [0.1, 0.15) is 0 Å². The molecule has 0 radical (unpaired) electrons. The summed E-state index contributed by atoms with van der Waals surface area (Å²) in [4.78, 5) is 0. The number of aryl methyl sites for hydroxylation is 2. The summed E-state index contributed by atoms with van der Waals surface area (Å²) in [6.45, 7) is 5.89. The quantitative estimate of drug-likeness (QED) is 0.872. The maximum absolute atomic E-state index is 6.29. The van der Waals surface area contributed by atoms with E-state index in [4.69, 9.17) is 17.3 Å². The lowest BCUT2D eigenvalue weighted by atomic mass is 10.1. The highest BCUT2D eigenvalue weighted by Crippen LogP contribution is 2.31. The molecule has 0 unspecified atom stereocenters. The van der Waals surface area contributed by atoms with E-state index in [-0.39, 0.29) is 0 Å². The van der Waals surface area contributed by atoms with Crippen LogP contribution in [0.4, 0.5) is 0 Å². The number of benzene rings is 1. The van der Waals surface area contributed by atoms with Gasteiger partial charge in [-0.3, -0.25) is 0 Å². The third-order valence-corrected chi connectivity index (χ3v) is 3.32. The summed E-state index contributed by atoms with van der Waals surface area (Å²) in [5, 5.41) is 2.00. The molecule has 0 saturated carbocycles. The van der Waals surface area contributed by atoms with E-state index < -0.39 is 0 Å². The number of aromatic nitrogens is 1. The van der Waals surface area contributed by atoms with Crippen LogP contribution in [0, 0.1) is 6.92 Å². The van der Waals surface area contributed by atoms with Gasteiger partial charge in [0.25, 0.3) is 0 Å². The third-order valence-electron chi connectivity index (χ3n) is 3.00. The summed E-state index contributed by atoms with van der Waals surface area (Å²) in [5.41, 5.74) is 9.41. The zero-order chi connectivity index (χ0) is 11.7. The van der Waals surface area contributed by atoms with Crippen molar-refractivity contribution in [1.82, 2.24) is 4.57 Å². The standard InChI is InChI=1S/C13H17ClN2/c1-3-16-8-10(6-7-15)12-11(14)5-4-9(2)13(12)16/h4-5,8H,3,6-7,15H2,1-2H3. The van der Waals surface area contributed by atoms with E-state index in [1.165, 1.54) is 22.0 Å². The summed E-state index contributed by atoms with van der Waals surface area (Å²) in [5.74, 6) is 0. The van der Waals surface area contributed by atoms with Crippen LogP contribution >= 0.6 is 11.6 Å². The van der Waals surface area contributed by atoms with Crippen LogP contribution < -0.4 is 5.73 Å². The van der Waals surface area contributed by atoms with Gasteiger partial charge in [-0.05, 0) is 44.0 Å². The van der Waals surface area contributed by atoms with Gasteiger partial charge in [-0.1, -0.05) is 17.7 Å². The summed E-state index contributed by atoms with van der Waals surface area (Å²) >= 11 is 6.29. The molecular weight excluding hydrogens is 220 g/mol. The van der Waals surface area contributed by atoms with Gasteiger partial charge in [0.15, 0.2) is 0 Å². The Balaban J connectivity index is 2.78. The fourth-order valence-corrected chi connectivity index (χ4v) is 2.53. The van der Waals surface area contributed by atoms with Crippen molar-refractivity contribution in [1.29, 1.82) is 0 Å². The number of hydrogen-bond donors (Lipinski definition) is 1. The molecule has 1 aromatic carbocycles. The molecule has 0 fully saturated rings. The Morgan fingerprint density at radius 2 is 2.12 bits per heavy atom. The number of nitrogens with zero attached hydrogens (tertiary/aromatic N) is 1. The number of fused-ring (bicyclic) bond motifs is 1. The third kappa shape index (κ3) is 1.72. The second kappa shape index (κ2) is 4.48. The molecule has 0 aliphatic rings. The summed E-state index contributed by atoms with van der Waals surface area (Å²) in [6, 6.07) is 4.04. The average molecular weight is 237 g/mol. The van der Waals surface area contributed by atoms with E-state index in [0.717, 1.165) is 18.0 Å². The molecule has 16 heavy (non-hydrogen) atoms. The van der Waals surface area contributed by atoms with Crippen molar-refractivity contribution in [3.63, 3.8) is 0 Å². The van der Waals surface area contributed by atoms with Crippen LogP contribution in [0.3, 0.4) is 0 Å². The number of nitrogens with two attached hydrogens (primary N) is 1. The van der Waals surface area contributed by atoms with Crippen molar-refractivity contribution < 1.29 is 0 Å². The summed E-state index contributed by atoms with van der Waals surface area (Å²) in [7, 11) is 0. The van der Waals surface area contributed by atoms with E-state index in [0.29, 0.717) is 6.54 Å². The molecule has 2 nitrogen and oxygen atoms in total. The van der Waals surface area contributed by atoms with Crippen LogP contribution in [0.2, 0.25) is 5.02 Å². The second-order valence-electron chi connectivity index (χ2n) is 4.07. The average Bonchev–Trinajstić information content (AvgIpc) is 2.64. The van der Waals surface area contributed by atoms with Crippen molar-refractivity contribution in [2.45, 2.75) is 26.8 Å². The summed E-state index contributed by atoms with van der Waals surface area (Å²) < 4.78 is 2.25. The fourth-order valence-electron chi connectivity index (χ4n) is 2.26. The predicted octanol–water partition coefficient (Wildman–Crippen LogP) is 3.12. The topological polar surface area (TPSA) is 30.9 Å². The molecule has 2 rings (SSSR count). The summed E-state index contributed by atoms with van der Waals surface area (Å²) in [6.07, 6.45) is 3.06. The van der Waals surface area contributed by atoms with Crippen LogP contribution in [0.25, 0.3) is 10.9 Å². The van der Waals surface area contributed by atoms with Crippen LogP contribution in [-0.4, -0.2) is 11.1 Å². The molecular formula is C13H17ClN2. The van der Waals surface area contributed by atoms with Gasteiger partial charge in [-0.2, -0.15) is 0 Å². The highest BCUT2D eigenvalue weighted by molar-refractivity contribution is 6.35. The molecule has 0 atom stereocenters. The molecule has 86 valence electrons. The Bertz CT molecular complexity index is 514. The molecule has 2 N–H and O–H groups in total. The first-order valence-corrected chi connectivity index (χ1v) is 6.03. The highest BCUT2D eigenvalue weighted by atomic mass is 35.5. The largest absolute Gasteiger partial charge is 0.347 e. The van der Waals surface area contributed by atoms with Gasteiger partial charge in [-0.25, -0.2) is 0 Å². The molecule has 0 amide bonds. The SMILES string of the molecule is CCn1cc(CCN)c2c(Cl)ccc(C)c21. The van der Waals surface area contributed by atoms with Gasteiger partial charge in [0.2, 0.25) is 0 Å². The number of hydrogen-bond acceptors (Lipinski definition) is 1. The van der Waals surface area contributed by atoms with E-state index in [2.05, 4.69) is 30.7 Å². The number of halogens is 1. The van der Waals surface area contributed by atoms with Gasteiger partial charge < -0.3 is 10.3 Å². The highest BCUT2D eigenvalue weighted by Gasteiger charge is 2.12. The molecule has 0 spiro atoms. The molecule has 0 aliphatic heterocycles. The van der Waals surface area contributed by atoms with E-state index in [1.807, 2.05) is 6.07 Å². The fraction of sp³-hybridized carbons (Fsp3) is 0.385. The smallest absolute Gasteiger partial charge is 0.0527 e. The van der Waals surface area contributed by atoms with Crippen LogP contribution in [0.1, 0.15) is 18.1 Å². The number of rotatable bonds is 3. The Hall–Kier alpha value is -0.990. The van der Waals surface area contributed by atoms with Gasteiger partial charge in [0, 0.05) is 18.1 Å². The zero-order valence-corrected chi connectivity index (χ0v) is 10.5. The van der Waals surface area contributed by atoms with Crippen molar-refractivity contribution in [2.75, 3.05) is 6.54 Å². The monoisotopic (exact) mass is 236 g/mol. The van der Waals surface area contributed by atoms with Crippen molar-refractivity contribution >= 4 is 22.5 Å². The van der Waals surface area contributed by atoms with Crippen molar-refractivity contribution in [3.05, 3.63) is 34.5 Å². The lowest BCUT2D eigenvalue weighted by molar-refractivity contribution is 0.789. The van der Waals surface area contributed by atoms with E-state index in [1.54, 1.807) is 0 Å². The maximum Gasteiger partial charge on any atom is 0.0527 e. The molecule has 3 heteroatoms. The molecule has 0 aliphatic carbocycles.